The molecule has 0 unspecified atom stereocenters. The molecule has 0 spiro atoms. The molecule has 0 aliphatic heterocycles. The average Bonchev–Trinajstić information content (AvgIpc) is 2.22. The normalized spacial score (nSPS) is 10.0. The molecule has 0 fully saturated rings. The highest BCUT2D eigenvalue weighted by Gasteiger charge is 2.06. The SMILES string of the molecule is CN(C)C(=NCc1cc(F)ccc1Br)N(C)C. The van der Waals surface area contributed by atoms with E-state index >= 15 is 0 Å². The quantitative estimate of drug-likeness (QED) is 0.618. The van der Waals surface area contributed by atoms with Gasteiger partial charge in [-0.2, -0.15) is 0 Å². The van der Waals surface area contributed by atoms with Gasteiger partial charge in [0.15, 0.2) is 5.96 Å². The molecule has 0 aromatic heterocycles. The van der Waals surface area contributed by atoms with E-state index in [1.54, 1.807) is 6.07 Å². The molecule has 94 valence electrons. The summed E-state index contributed by atoms with van der Waals surface area (Å²) in [5.74, 6) is 0.607. The third-order valence-corrected chi connectivity index (χ3v) is 2.97. The van der Waals surface area contributed by atoms with Crippen molar-refractivity contribution in [1.82, 2.24) is 9.80 Å². The fourth-order valence-electron chi connectivity index (χ4n) is 1.50. The smallest absolute Gasteiger partial charge is 0.195 e. The topological polar surface area (TPSA) is 18.8 Å². The summed E-state index contributed by atoms with van der Waals surface area (Å²) in [4.78, 5) is 8.31. The maximum Gasteiger partial charge on any atom is 0.195 e. The zero-order valence-corrected chi connectivity index (χ0v) is 12.1. The Morgan fingerprint density at radius 1 is 1.24 bits per heavy atom. The Kier molecular flexibility index (Phi) is 4.93. The first-order valence-corrected chi connectivity index (χ1v) is 6.04. The molecule has 0 atom stereocenters. The van der Waals surface area contributed by atoms with E-state index in [1.165, 1.54) is 12.1 Å². The van der Waals surface area contributed by atoms with Crippen molar-refractivity contribution >= 4 is 21.9 Å². The molecule has 0 saturated carbocycles. The Hall–Kier alpha value is -1.10. The van der Waals surface area contributed by atoms with Gasteiger partial charge in [-0.05, 0) is 23.8 Å². The van der Waals surface area contributed by atoms with Crippen LogP contribution in [0.15, 0.2) is 27.7 Å². The zero-order valence-electron chi connectivity index (χ0n) is 10.5. The van der Waals surface area contributed by atoms with E-state index < -0.39 is 0 Å². The van der Waals surface area contributed by atoms with Gasteiger partial charge in [-0.3, -0.25) is 0 Å². The lowest BCUT2D eigenvalue weighted by molar-refractivity contribution is 0.479. The van der Waals surface area contributed by atoms with Crippen LogP contribution in [0.2, 0.25) is 0 Å². The first-order valence-electron chi connectivity index (χ1n) is 5.25. The third-order valence-electron chi connectivity index (χ3n) is 2.20. The van der Waals surface area contributed by atoms with Crippen LogP contribution in [0.4, 0.5) is 4.39 Å². The first kappa shape index (κ1) is 14.0. The van der Waals surface area contributed by atoms with Crippen molar-refractivity contribution in [2.75, 3.05) is 28.2 Å². The van der Waals surface area contributed by atoms with Crippen LogP contribution >= 0.6 is 15.9 Å². The lowest BCUT2D eigenvalue weighted by atomic mass is 10.2. The van der Waals surface area contributed by atoms with E-state index in [2.05, 4.69) is 20.9 Å². The molecule has 1 aromatic carbocycles. The molecule has 5 heteroatoms. The Balaban J connectivity index is 2.90. The van der Waals surface area contributed by atoms with Crippen molar-refractivity contribution in [3.05, 3.63) is 34.1 Å². The van der Waals surface area contributed by atoms with E-state index in [-0.39, 0.29) is 5.82 Å². The van der Waals surface area contributed by atoms with Gasteiger partial charge in [0.2, 0.25) is 0 Å². The van der Waals surface area contributed by atoms with Crippen LogP contribution in [-0.2, 0) is 6.54 Å². The number of nitrogens with zero attached hydrogens (tertiary/aromatic N) is 3. The van der Waals surface area contributed by atoms with Gasteiger partial charge in [0.1, 0.15) is 5.82 Å². The van der Waals surface area contributed by atoms with Gasteiger partial charge in [-0.1, -0.05) is 15.9 Å². The predicted octanol–water partition coefficient (Wildman–Crippen LogP) is 2.57. The molecule has 0 heterocycles. The molecule has 0 N–H and O–H groups in total. The van der Waals surface area contributed by atoms with Crippen molar-refractivity contribution in [2.45, 2.75) is 6.54 Å². The molecule has 1 aromatic rings. The second kappa shape index (κ2) is 6.00. The number of hydrogen-bond donors (Lipinski definition) is 0. The van der Waals surface area contributed by atoms with Crippen LogP contribution < -0.4 is 0 Å². The molecule has 0 aliphatic rings. The largest absolute Gasteiger partial charge is 0.349 e. The van der Waals surface area contributed by atoms with Crippen LogP contribution in [0.25, 0.3) is 0 Å². The Labute approximate surface area is 110 Å². The van der Waals surface area contributed by atoms with Gasteiger partial charge in [-0.15, -0.1) is 0 Å². The lowest BCUT2D eigenvalue weighted by Gasteiger charge is -2.22. The van der Waals surface area contributed by atoms with E-state index in [0.717, 1.165) is 16.0 Å². The second-order valence-electron chi connectivity index (χ2n) is 4.14. The minimum Gasteiger partial charge on any atom is -0.349 e. The van der Waals surface area contributed by atoms with Crippen molar-refractivity contribution in [3.63, 3.8) is 0 Å². The molecule has 0 radical (unpaired) electrons. The van der Waals surface area contributed by atoms with Crippen molar-refractivity contribution in [3.8, 4) is 0 Å². The Morgan fingerprint density at radius 3 is 2.35 bits per heavy atom. The minimum absolute atomic E-state index is 0.241. The van der Waals surface area contributed by atoms with Crippen molar-refractivity contribution in [2.24, 2.45) is 4.99 Å². The predicted molar refractivity (Wildman–Crippen MR) is 72.6 cm³/mol. The van der Waals surface area contributed by atoms with Gasteiger partial charge in [0.25, 0.3) is 0 Å². The molecule has 17 heavy (non-hydrogen) atoms. The van der Waals surface area contributed by atoms with Gasteiger partial charge >= 0.3 is 0 Å². The molecule has 0 bridgehead atoms. The Morgan fingerprint density at radius 2 is 1.82 bits per heavy atom. The second-order valence-corrected chi connectivity index (χ2v) is 5.00. The van der Waals surface area contributed by atoms with Crippen LogP contribution in [0, 0.1) is 5.82 Å². The first-order chi connectivity index (χ1) is 7.91. The summed E-state index contributed by atoms with van der Waals surface area (Å²) in [5, 5.41) is 0. The number of rotatable bonds is 2. The molecule has 1 rings (SSSR count). The monoisotopic (exact) mass is 301 g/mol. The summed E-state index contributed by atoms with van der Waals surface area (Å²) >= 11 is 3.39. The fourth-order valence-corrected chi connectivity index (χ4v) is 1.88. The van der Waals surface area contributed by atoms with Crippen molar-refractivity contribution in [1.29, 1.82) is 0 Å². The number of benzene rings is 1. The number of guanidine groups is 1. The number of aliphatic imine (C=N–C) groups is 1. The van der Waals surface area contributed by atoms with Gasteiger partial charge < -0.3 is 9.80 Å². The highest BCUT2D eigenvalue weighted by atomic mass is 79.9. The van der Waals surface area contributed by atoms with Crippen LogP contribution in [0.1, 0.15) is 5.56 Å². The summed E-state index contributed by atoms with van der Waals surface area (Å²) in [6, 6.07) is 4.62. The summed E-state index contributed by atoms with van der Waals surface area (Å²) in [6.45, 7) is 0.448. The van der Waals surface area contributed by atoms with E-state index in [1.807, 2.05) is 38.0 Å². The lowest BCUT2D eigenvalue weighted by Crippen LogP contribution is -2.35. The molecule has 0 aliphatic carbocycles. The van der Waals surface area contributed by atoms with Crippen LogP contribution in [0.3, 0.4) is 0 Å². The molecule has 0 saturated heterocycles. The maximum atomic E-state index is 13.1. The van der Waals surface area contributed by atoms with Crippen molar-refractivity contribution < 1.29 is 4.39 Å². The van der Waals surface area contributed by atoms with Crippen LogP contribution in [-0.4, -0.2) is 44.0 Å². The Bertz CT molecular complexity index is 406. The van der Waals surface area contributed by atoms with Gasteiger partial charge in [-0.25, -0.2) is 9.38 Å². The summed E-state index contributed by atoms with van der Waals surface area (Å²) in [5.41, 5.74) is 0.839. The third kappa shape index (κ3) is 4.00. The molecular weight excluding hydrogens is 285 g/mol. The average molecular weight is 302 g/mol. The molecular formula is C12H17BrFN3. The summed E-state index contributed by atoms with van der Waals surface area (Å²) < 4.78 is 14.0. The highest BCUT2D eigenvalue weighted by Crippen LogP contribution is 2.18. The molecule has 0 amide bonds. The van der Waals surface area contributed by atoms with Crippen LogP contribution in [0.5, 0.6) is 0 Å². The zero-order chi connectivity index (χ0) is 13.0. The van der Waals surface area contributed by atoms with Gasteiger partial charge in [0.05, 0.1) is 6.54 Å². The van der Waals surface area contributed by atoms with E-state index in [0.29, 0.717) is 6.54 Å². The molecule has 3 nitrogen and oxygen atoms in total. The van der Waals surface area contributed by atoms with E-state index in [9.17, 15) is 4.39 Å². The van der Waals surface area contributed by atoms with Gasteiger partial charge in [0, 0.05) is 32.7 Å². The summed E-state index contributed by atoms with van der Waals surface area (Å²) in [6.07, 6.45) is 0. The summed E-state index contributed by atoms with van der Waals surface area (Å²) in [7, 11) is 7.72. The minimum atomic E-state index is -0.241. The standard InChI is InChI=1S/C12H17BrFN3/c1-16(2)12(17(3)4)15-8-9-7-10(14)5-6-11(9)13/h5-7H,8H2,1-4H3. The highest BCUT2D eigenvalue weighted by molar-refractivity contribution is 9.10. The van der Waals surface area contributed by atoms with E-state index in [4.69, 9.17) is 0 Å². The number of halogens is 2. The fraction of sp³-hybridized carbons (Fsp3) is 0.417. The number of hydrogen-bond acceptors (Lipinski definition) is 1. The maximum absolute atomic E-state index is 13.1.